The number of hydrogen-bond donors (Lipinski definition) is 1. The van der Waals surface area contributed by atoms with Crippen molar-refractivity contribution in [2.45, 2.75) is 6.54 Å². The van der Waals surface area contributed by atoms with E-state index in [0.717, 1.165) is 75.4 Å². The number of amides is 2. The van der Waals surface area contributed by atoms with Crippen molar-refractivity contribution in [2.24, 2.45) is 0 Å². The number of anilines is 2. The molecule has 0 spiro atoms. The molecular formula is C45H45Cl3K2N12O7S2. The molecule has 2 saturated heterocycles. The molecule has 0 bridgehead atoms. The van der Waals surface area contributed by atoms with Gasteiger partial charge in [-0.3, -0.25) is 19.5 Å². The van der Waals surface area contributed by atoms with Crippen LogP contribution in [0.15, 0.2) is 96.2 Å². The van der Waals surface area contributed by atoms with Gasteiger partial charge in [-0.15, -0.1) is 34.3 Å². The molecule has 26 heteroatoms. The van der Waals surface area contributed by atoms with Gasteiger partial charge in [-0.2, -0.15) is 10.2 Å². The zero-order chi connectivity index (χ0) is 48.7. The Hall–Kier alpha value is -3.35. The van der Waals surface area contributed by atoms with Gasteiger partial charge in [-0.05, 0) is 48.5 Å². The predicted octanol–water partition coefficient (Wildman–Crippen LogP) is 0.438. The Labute approximate surface area is 518 Å². The molecule has 71 heavy (non-hydrogen) atoms. The van der Waals surface area contributed by atoms with Crippen LogP contribution in [0.3, 0.4) is 0 Å². The Morgan fingerprint density at radius 2 is 1.25 bits per heavy atom. The molecule has 2 aromatic carbocycles. The van der Waals surface area contributed by atoms with Gasteiger partial charge >= 0.3 is 103 Å². The zero-order valence-corrected chi connectivity index (χ0v) is 49.3. The second kappa shape index (κ2) is 29.5. The first-order chi connectivity index (χ1) is 33.7. The third kappa shape index (κ3) is 15.4. The number of alkyl halides is 1. The standard InChI is InChI=1S/C22H21ClN6O2S.C13H16Cl2N2O2.C9H6N4S.CH2O3.2K.H/c1-31-18-13-15(4-5-17(18)23)27-8-10-28(11-9-27)19(30)14-29-21-16(3-2-6-24-21)20(26-29)22-25-7-12-32-22;1-19-12-8-10(2-3-11(12)15)16-4-6-17(7-5-16)13(18)9-14;1-2-6-7(9-11-4-5-14-9)12-13-8(6)10-3-1;2-1-4-3;;;/h2-7,12-13H,8-11,14H2,1H3;2-3,8H,4-7,9H2,1H3;1-5H,(H,10,12,13);1,3H;;;/q;;;;2*+1;-1/p-1. The summed E-state index contributed by atoms with van der Waals surface area (Å²) in [4.78, 5) is 61.1. The summed E-state index contributed by atoms with van der Waals surface area (Å²) in [5.41, 5.74) is 5.23. The normalized spacial score (nSPS) is 13.0. The van der Waals surface area contributed by atoms with Crippen LogP contribution in [0.2, 0.25) is 10.0 Å². The maximum atomic E-state index is 13.1. The summed E-state index contributed by atoms with van der Waals surface area (Å²) in [5, 5.41) is 28.9. The van der Waals surface area contributed by atoms with Crippen molar-refractivity contribution in [3.05, 3.63) is 106 Å². The molecule has 8 heterocycles. The van der Waals surface area contributed by atoms with Gasteiger partial charge in [0.25, 0.3) is 6.47 Å². The van der Waals surface area contributed by atoms with E-state index < -0.39 is 0 Å². The number of carbonyl (C=O) groups is 3. The smallest absolute Gasteiger partial charge is 1.00 e. The fourth-order valence-corrected chi connectivity index (χ4v) is 9.25. The van der Waals surface area contributed by atoms with E-state index >= 15 is 0 Å². The number of hydrogen-bond acceptors (Lipinski definition) is 17. The molecule has 0 unspecified atom stereocenters. The number of halogens is 3. The Bertz CT molecular complexity index is 2950. The number of benzene rings is 2. The van der Waals surface area contributed by atoms with E-state index in [1.165, 1.54) is 11.3 Å². The number of carbonyl (C=O) groups excluding carboxylic acids is 3. The van der Waals surface area contributed by atoms with E-state index in [0.29, 0.717) is 53.4 Å². The molecule has 2 amide bonds. The van der Waals surface area contributed by atoms with Gasteiger partial charge in [-0.1, -0.05) is 23.2 Å². The van der Waals surface area contributed by atoms with Crippen LogP contribution in [0.4, 0.5) is 11.4 Å². The van der Waals surface area contributed by atoms with Gasteiger partial charge < -0.3 is 40.6 Å². The van der Waals surface area contributed by atoms with Gasteiger partial charge in [-0.25, -0.2) is 24.6 Å². The Morgan fingerprint density at radius 3 is 1.76 bits per heavy atom. The molecule has 19 nitrogen and oxygen atoms in total. The van der Waals surface area contributed by atoms with Crippen molar-refractivity contribution in [1.29, 1.82) is 0 Å². The van der Waals surface area contributed by atoms with Gasteiger partial charge in [0, 0.05) is 122 Å². The second-order valence-corrected chi connectivity index (χ2v) is 17.6. The summed E-state index contributed by atoms with van der Waals surface area (Å²) < 4.78 is 12.2. The molecule has 2 fully saturated rings. The number of H-pyrrole nitrogens is 1. The first-order valence-corrected chi connectivity index (χ1v) is 24.1. The quantitative estimate of drug-likeness (QED) is 0.0648. The Morgan fingerprint density at radius 1 is 0.732 bits per heavy atom. The van der Waals surface area contributed by atoms with Gasteiger partial charge in [0.1, 0.15) is 45.3 Å². The van der Waals surface area contributed by atoms with E-state index in [1.807, 2.05) is 76.3 Å². The van der Waals surface area contributed by atoms with Crippen LogP contribution in [-0.2, 0) is 25.8 Å². The van der Waals surface area contributed by atoms with Crippen molar-refractivity contribution >= 4 is 109 Å². The van der Waals surface area contributed by atoms with Crippen LogP contribution in [0.1, 0.15) is 1.43 Å². The van der Waals surface area contributed by atoms with Crippen LogP contribution in [-0.4, -0.2) is 140 Å². The number of thiazole rings is 2. The second-order valence-electron chi connectivity index (χ2n) is 14.7. The Balaban J connectivity index is 0.000000240. The minimum Gasteiger partial charge on any atom is -1.00 e. The van der Waals surface area contributed by atoms with Gasteiger partial charge in [0.2, 0.25) is 11.8 Å². The van der Waals surface area contributed by atoms with Crippen LogP contribution in [0.5, 0.6) is 11.5 Å². The molecule has 2 aliphatic heterocycles. The van der Waals surface area contributed by atoms with Crippen molar-refractivity contribution in [1.82, 2.24) is 49.7 Å². The molecule has 362 valence electrons. The molecule has 0 radical (unpaired) electrons. The maximum Gasteiger partial charge on any atom is 1.00 e. The first kappa shape index (κ1) is 58.5. The minimum absolute atomic E-state index is 0. The molecule has 6 aromatic heterocycles. The summed E-state index contributed by atoms with van der Waals surface area (Å²) in [6.45, 7) is 5.66. The van der Waals surface area contributed by atoms with Crippen LogP contribution >= 0.6 is 57.5 Å². The summed E-state index contributed by atoms with van der Waals surface area (Å²) in [7, 11) is 3.21. The molecule has 0 atom stereocenters. The minimum atomic E-state index is -0.181. The van der Waals surface area contributed by atoms with Crippen molar-refractivity contribution in [3.8, 4) is 32.9 Å². The fourth-order valence-electron chi connectivity index (χ4n) is 7.41. The van der Waals surface area contributed by atoms with E-state index in [-0.39, 0.29) is 135 Å². The average molecular weight is 1110 g/mol. The number of pyridine rings is 2. The number of nitrogens with one attached hydrogen (secondary N) is 1. The first-order valence-electron chi connectivity index (χ1n) is 21.1. The summed E-state index contributed by atoms with van der Waals surface area (Å²) in [6, 6.07) is 19.2. The monoisotopic (exact) mass is 1110 g/mol. The summed E-state index contributed by atoms with van der Waals surface area (Å²) in [6.07, 6.45) is 6.98. The topological polar surface area (TPSA) is 213 Å². The maximum absolute atomic E-state index is 13.1. The number of piperazine rings is 2. The number of aromatic nitrogens is 8. The van der Waals surface area contributed by atoms with Gasteiger partial charge in [0.15, 0.2) is 11.3 Å². The molecule has 10 rings (SSSR count). The summed E-state index contributed by atoms with van der Waals surface area (Å²) >= 11 is 20.8. The van der Waals surface area contributed by atoms with Crippen molar-refractivity contribution in [3.63, 3.8) is 0 Å². The summed E-state index contributed by atoms with van der Waals surface area (Å²) in [5.74, 6) is 1.39. The molecule has 1 N–H and O–H groups in total. The number of rotatable bonds is 10. The molecular weight excluding hydrogens is 1070 g/mol. The number of fused-ring (bicyclic) bond motifs is 2. The van der Waals surface area contributed by atoms with Crippen LogP contribution in [0.25, 0.3) is 43.5 Å². The number of nitrogens with zero attached hydrogens (tertiary/aromatic N) is 11. The fraction of sp³-hybridized carbons (Fsp3) is 0.267. The van der Waals surface area contributed by atoms with E-state index in [1.54, 1.807) is 59.9 Å². The van der Waals surface area contributed by atoms with E-state index in [2.05, 4.69) is 49.9 Å². The van der Waals surface area contributed by atoms with Crippen molar-refractivity contribution < 1.29 is 138 Å². The number of methoxy groups -OCH3 is 2. The zero-order valence-electron chi connectivity index (χ0n) is 40.1. The van der Waals surface area contributed by atoms with Crippen LogP contribution < -0.4 is 127 Å². The van der Waals surface area contributed by atoms with Gasteiger partial charge in [0.05, 0.1) is 24.3 Å². The van der Waals surface area contributed by atoms with E-state index in [9.17, 15) is 9.59 Å². The predicted molar refractivity (Wildman–Crippen MR) is 266 cm³/mol. The molecule has 0 saturated carbocycles. The number of ether oxygens (including phenoxy) is 2. The van der Waals surface area contributed by atoms with E-state index in [4.69, 9.17) is 54.3 Å². The average Bonchev–Trinajstić information content (AvgIpc) is 4.26. The molecule has 0 aliphatic carbocycles. The SMILES string of the molecule is COc1cc(N2CCN(C(=O)CCl)CC2)ccc1Cl.COc1cc(N2CCN(C(=O)Cn3nc(-c4nccs4)c4cccnc43)CC2)ccc1Cl.O=CO[O-].[H-].[K+].[K+].c1cnc2n[nH]c(-c3nccs3)c2c1. The van der Waals surface area contributed by atoms with Crippen molar-refractivity contribution in [2.75, 3.05) is 82.3 Å². The Kier molecular flexibility index (Phi) is 24.3. The van der Waals surface area contributed by atoms with Crippen LogP contribution in [0, 0.1) is 0 Å². The number of aromatic amines is 1. The largest absolute Gasteiger partial charge is 1.00 e. The molecule has 8 aromatic rings. The third-order valence-electron chi connectivity index (χ3n) is 10.8. The molecule has 2 aliphatic rings. The third-order valence-corrected chi connectivity index (χ3v) is 13.2.